The zero-order valence-electron chi connectivity index (χ0n) is 53.5. The number of aliphatic hydroxyl groups is 2. The summed E-state index contributed by atoms with van der Waals surface area (Å²) < 4.78 is 56.4. The third-order valence-electron chi connectivity index (χ3n) is 16.1. The summed E-state index contributed by atoms with van der Waals surface area (Å²) in [6, 6.07) is 64.7. The molecule has 0 aliphatic carbocycles. The van der Waals surface area contributed by atoms with Crippen LogP contribution in [0.1, 0.15) is 0 Å². The van der Waals surface area contributed by atoms with Gasteiger partial charge in [-0.25, -0.2) is 0 Å². The fourth-order valence-corrected chi connectivity index (χ4v) is 11.4. The first-order valence-corrected chi connectivity index (χ1v) is 31.5. The highest BCUT2D eigenvalue weighted by molar-refractivity contribution is 6.11. The molecule has 5 heterocycles. The summed E-state index contributed by atoms with van der Waals surface area (Å²) in [5.41, 5.74) is 6.16. The minimum absolute atomic E-state index is 0.00286. The average Bonchev–Trinajstić information content (AvgIpc) is 1.66. The average molecular weight is 1290 g/mol. The van der Waals surface area contributed by atoms with Crippen LogP contribution in [-0.4, -0.2) is 159 Å². The number of aromatic hydroxyl groups is 1. The predicted octanol–water partition coefficient (Wildman–Crippen LogP) is 13.0. The van der Waals surface area contributed by atoms with Gasteiger partial charge >= 0.3 is 0 Å². The van der Waals surface area contributed by atoms with E-state index >= 15 is 0 Å². The zero-order valence-corrected chi connectivity index (χ0v) is 53.5. The van der Waals surface area contributed by atoms with E-state index in [-0.39, 0.29) is 25.4 Å². The van der Waals surface area contributed by atoms with Crippen molar-refractivity contribution >= 4 is 65.4 Å². The van der Waals surface area contributed by atoms with E-state index in [0.717, 1.165) is 88.8 Å². The molecule has 14 rings (SSSR count). The molecule has 2 aliphatic heterocycles. The molecule has 3 unspecified atom stereocenters. The Morgan fingerprint density at radius 1 is 0.463 bits per heavy atom. The van der Waals surface area contributed by atoms with Crippen molar-refractivity contribution in [3.05, 3.63) is 225 Å². The third kappa shape index (κ3) is 16.3. The molecule has 9 aromatic carbocycles. The number of aromatic nitrogens is 3. The molecule has 12 aromatic rings. The van der Waals surface area contributed by atoms with E-state index in [4.69, 9.17) is 52.5 Å². The number of hydrogen-bond donors (Lipinski definition) is 7. The molecule has 0 amide bonds. The molecule has 0 saturated carbocycles. The minimum atomic E-state index is -0.629. The van der Waals surface area contributed by atoms with Crippen LogP contribution in [0.25, 0.3) is 65.4 Å². The SMILES string of the molecule is C=C1OC(CO)CN1CCOc1ccccc1OC.C=C1OC(COc2cccc3c2[nH]c2ccccc23)CN1CCOc1ccccc1OC.COc1ccccc1OCCNCC(O)COc1cccc2c1[nH]c1ccccc12.Oc1cccc2[nH]c3ccccc3c12. The van der Waals surface area contributed by atoms with Crippen molar-refractivity contribution in [3.8, 4) is 51.7 Å². The van der Waals surface area contributed by atoms with Crippen LogP contribution in [0, 0.1) is 0 Å². The van der Waals surface area contributed by atoms with Crippen LogP contribution in [0.4, 0.5) is 0 Å². The largest absolute Gasteiger partial charge is 0.507 e. The molecule has 19 nitrogen and oxygen atoms in total. The lowest BCUT2D eigenvalue weighted by Crippen LogP contribution is -2.33. The Hall–Kier alpha value is -10.9. The van der Waals surface area contributed by atoms with Gasteiger partial charge in [0.05, 0.1) is 70.7 Å². The Labute approximate surface area is 551 Å². The van der Waals surface area contributed by atoms with Crippen LogP contribution in [0.5, 0.6) is 51.7 Å². The maximum atomic E-state index is 10.3. The topological polar surface area (TPSA) is 219 Å². The maximum absolute atomic E-state index is 10.3. The van der Waals surface area contributed by atoms with Gasteiger partial charge in [0.25, 0.3) is 0 Å². The van der Waals surface area contributed by atoms with Crippen LogP contribution < -0.4 is 43.2 Å². The van der Waals surface area contributed by atoms with Crippen LogP contribution in [0.2, 0.25) is 0 Å². The van der Waals surface area contributed by atoms with Gasteiger partial charge < -0.3 is 92.8 Å². The zero-order chi connectivity index (χ0) is 65.9. The van der Waals surface area contributed by atoms with Gasteiger partial charge in [0.2, 0.25) is 0 Å². The summed E-state index contributed by atoms with van der Waals surface area (Å²) >= 11 is 0. The Bertz CT molecular complexity index is 4490. The smallest absolute Gasteiger partial charge is 0.182 e. The molecular weight excluding hydrogens is 1200 g/mol. The normalized spacial score (nSPS) is 14.5. The van der Waals surface area contributed by atoms with Gasteiger partial charge in [-0.3, -0.25) is 0 Å². The monoisotopic (exact) mass is 1280 g/mol. The fourth-order valence-electron chi connectivity index (χ4n) is 11.4. The first-order valence-electron chi connectivity index (χ1n) is 31.5. The second kappa shape index (κ2) is 32.1. The molecule has 3 aromatic heterocycles. The van der Waals surface area contributed by atoms with E-state index in [0.29, 0.717) is 100 Å². The summed E-state index contributed by atoms with van der Waals surface area (Å²) in [4.78, 5) is 14.2. The first-order chi connectivity index (χ1) is 46.6. The van der Waals surface area contributed by atoms with Crippen molar-refractivity contribution in [1.29, 1.82) is 0 Å². The highest BCUT2D eigenvalue weighted by atomic mass is 16.6. The van der Waals surface area contributed by atoms with Crippen molar-refractivity contribution < 1.29 is 62.7 Å². The highest BCUT2D eigenvalue weighted by Crippen LogP contribution is 2.36. The minimum Gasteiger partial charge on any atom is -0.507 e. The number of benzene rings is 9. The van der Waals surface area contributed by atoms with Gasteiger partial charge in [-0.05, 0) is 92.0 Å². The molecule has 0 radical (unpaired) electrons. The lowest BCUT2D eigenvalue weighted by molar-refractivity contribution is 0.0971. The Kier molecular flexibility index (Phi) is 22.2. The molecule has 2 fully saturated rings. The molecule has 19 heteroatoms. The number of nitrogens with one attached hydrogen (secondary N) is 4. The van der Waals surface area contributed by atoms with Gasteiger partial charge in [0, 0.05) is 62.0 Å². The van der Waals surface area contributed by atoms with Gasteiger partial charge in [-0.2, -0.15) is 0 Å². The van der Waals surface area contributed by atoms with Gasteiger partial charge in [-0.15, -0.1) is 0 Å². The van der Waals surface area contributed by atoms with Gasteiger partial charge in [0.15, 0.2) is 52.4 Å². The lowest BCUT2D eigenvalue weighted by atomic mass is 10.1. The van der Waals surface area contributed by atoms with Crippen LogP contribution in [0.15, 0.2) is 225 Å². The number of aliphatic hydroxyl groups excluding tert-OH is 2. The molecule has 492 valence electrons. The molecule has 3 atom stereocenters. The van der Waals surface area contributed by atoms with E-state index in [1.54, 1.807) is 27.4 Å². The van der Waals surface area contributed by atoms with Gasteiger partial charge in [0.1, 0.15) is 62.5 Å². The summed E-state index contributed by atoms with van der Waals surface area (Å²) in [6.45, 7) is 13.7. The highest BCUT2D eigenvalue weighted by Gasteiger charge is 2.28. The molecular formula is C76H80N6O13. The number of phenols is 1. The Morgan fingerprint density at radius 2 is 0.874 bits per heavy atom. The van der Waals surface area contributed by atoms with E-state index in [1.165, 1.54) is 5.39 Å². The van der Waals surface area contributed by atoms with E-state index in [9.17, 15) is 10.2 Å². The quantitative estimate of drug-likeness (QED) is 0.0280. The van der Waals surface area contributed by atoms with Crippen molar-refractivity contribution in [2.45, 2.75) is 18.3 Å². The molecule has 0 spiro atoms. The number of H-pyrrole nitrogens is 3. The number of fused-ring (bicyclic) bond motifs is 9. The molecule has 2 saturated heterocycles. The van der Waals surface area contributed by atoms with E-state index in [1.807, 2.05) is 169 Å². The fraction of sp³-hybridized carbons (Fsp3) is 0.237. The summed E-state index contributed by atoms with van der Waals surface area (Å²) in [7, 11) is 4.87. The van der Waals surface area contributed by atoms with E-state index < -0.39 is 6.10 Å². The molecule has 95 heavy (non-hydrogen) atoms. The third-order valence-corrected chi connectivity index (χ3v) is 16.1. The number of phenolic OH excluding ortho intramolecular Hbond substituents is 1. The van der Waals surface area contributed by atoms with E-state index in [2.05, 4.69) is 68.7 Å². The van der Waals surface area contributed by atoms with Crippen molar-refractivity contribution in [3.63, 3.8) is 0 Å². The Balaban J connectivity index is 0.000000135. The number of hydrogen-bond acceptors (Lipinski definition) is 16. The summed E-state index contributed by atoms with van der Waals surface area (Å²) in [5.74, 6) is 7.42. The molecule has 2 aliphatic rings. The second-order valence-electron chi connectivity index (χ2n) is 22.4. The van der Waals surface area contributed by atoms with Gasteiger partial charge in [-0.1, -0.05) is 121 Å². The van der Waals surface area contributed by atoms with Crippen LogP contribution in [0.3, 0.4) is 0 Å². The first kappa shape index (κ1) is 65.6. The summed E-state index contributed by atoms with van der Waals surface area (Å²) in [5, 5.41) is 38.8. The number of nitrogens with zero attached hydrogens (tertiary/aromatic N) is 2. The number of rotatable bonds is 24. The van der Waals surface area contributed by atoms with Crippen LogP contribution >= 0.6 is 0 Å². The van der Waals surface area contributed by atoms with Crippen LogP contribution in [-0.2, 0) is 9.47 Å². The number of methoxy groups -OCH3 is 3. The predicted molar refractivity (Wildman–Crippen MR) is 373 cm³/mol. The molecule has 0 bridgehead atoms. The lowest BCUT2D eigenvalue weighted by Gasteiger charge is -2.17. The maximum Gasteiger partial charge on any atom is 0.182 e. The second-order valence-corrected chi connectivity index (χ2v) is 22.4. The number of aromatic amines is 3. The number of para-hydroxylation sites is 11. The number of ether oxygens (including phenoxy) is 10. The van der Waals surface area contributed by atoms with Crippen molar-refractivity contribution in [1.82, 2.24) is 30.1 Å². The summed E-state index contributed by atoms with van der Waals surface area (Å²) in [6.07, 6.45) is -0.900. The van der Waals surface area contributed by atoms with Crippen molar-refractivity contribution in [2.24, 2.45) is 0 Å². The molecule has 7 N–H and O–H groups in total. The Morgan fingerprint density at radius 3 is 1.39 bits per heavy atom. The van der Waals surface area contributed by atoms with Crippen molar-refractivity contribution in [2.75, 3.05) is 100 Å². The standard InChI is InChI=1S/C26H26N2O4.C24H26N2O4.C14H19NO4.C12H9NO/c1-18-28(14-15-30-24-12-6-5-11-23(24)29-2)16-19(32-18)17-31-25-13-7-9-21-20-8-3-4-10-22(20)27-26(21)25;1-28-21-10-4-5-11-22(21)29-14-13-25-15-17(27)16-30-23-12-6-8-19-18-7-2-3-9-20(18)26-24(19)23;1-11-15(9-12(10-16)19-11)7-8-18-14-6-4-3-5-13(14)17-2;14-11-7-3-6-10-12(11)8-4-1-2-5-9(8)13-10/h3-13,19,27H,1,14-17H2,2H3;2-12,17,25-27H,13-16H2,1H3;3-6,12,16H,1,7-10H2,2H3;1-7,13-14H.